The number of methoxy groups -OCH3 is 1. The number of nitrogens with zero attached hydrogens (tertiary/aromatic N) is 5. The summed E-state index contributed by atoms with van der Waals surface area (Å²) >= 11 is 0. The smallest absolute Gasteiger partial charge is 0.433 e. The summed E-state index contributed by atoms with van der Waals surface area (Å²) in [6, 6.07) is 9.94. The van der Waals surface area contributed by atoms with E-state index in [2.05, 4.69) is 20.2 Å². The van der Waals surface area contributed by atoms with Gasteiger partial charge >= 0.3 is 6.18 Å². The first-order chi connectivity index (χ1) is 15.2. The van der Waals surface area contributed by atoms with Crippen molar-refractivity contribution < 1.29 is 22.7 Å². The molecule has 1 saturated heterocycles. The Morgan fingerprint density at radius 3 is 2.38 bits per heavy atom. The molecule has 1 aliphatic rings. The van der Waals surface area contributed by atoms with E-state index in [9.17, 15) is 18.0 Å². The first kappa shape index (κ1) is 21.6. The van der Waals surface area contributed by atoms with Crippen LogP contribution in [0.1, 0.15) is 22.0 Å². The summed E-state index contributed by atoms with van der Waals surface area (Å²) in [6.07, 6.45) is -4.54. The predicted molar refractivity (Wildman–Crippen MR) is 110 cm³/mol. The first-order valence-corrected chi connectivity index (χ1v) is 9.91. The van der Waals surface area contributed by atoms with E-state index in [1.54, 1.807) is 23.0 Å². The predicted octanol–water partition coefficient (Wildman–Crippen LogP) is 3.16. The number of benzene rings is 1. The van der Waals surface area contributed by atoms with Crippen molar-refractivity contribution in [2.45, 2.75) is 13.1 Å². The molecule has 2 aromatic heterocycles. The minimum absolute atomic E-state index is 0.0526. The van der Waals surface area contributed by atoms with Crippen LogP contribution in [0.2, 0.25) is 0 Å². The molecule has 0 unspecified atom stereocenters. The number of hydrogen-bond acceptors (Lipinski definition) is 6. The highest BCUT2D eigenvalue weighted by atomic mass is 19.4. The largest absolute Gasteiger partial charge is 0.497 e. The van der Waals surface area contributed by atoms with E-state index in [-0.39, 0.29) is 17.5 Å². The van der Waals surface area contributed by atoms with Gasteiger partial charge in [-0.05, 0) is 37.3 Å². The highest BCUT2D eigenvalue weighted by Gasteiger charge is 2.34. The summed E-state index contributed by atoms with van der Waals surface area (Å²) in [7, 11) is 1.58. The molecule has 4 rings (SSSR count). The number of amides is 1. The zero-order chi connectivity index (χ0) is 22.9. The summed E-state index contributed by atoms with van der Waals surface area (Å²) in [5.74, 6) is 0.767. The maximum absolute atomic E-state index is 13.1. The van der Waals surface area contributed by atoms with Crippen LogP contribution < -0.4 is 9.64 Å². The third-order valence-electron chi connectivity index (χ3n) is 5.20. The van der Waals surface area contributed by atoms with Gasteiger partial charge < -0.3 is 14.5 Å². The zero-order valence-corrected chi connectivity index (χ0v) is 17.5. The van der Waals surface area contributed by atoms with Crippen molar-refractivity contribution in [1.29, 1.82) is 0 Å². The Labute approximate surface area is 182 Å². The SMILES string of the molecule is COc1ccc(-c2cc(C(=O)N3CCN(c4cc(C(F)(F)F)nc(C)n4)CC3)[nH]n2)cc1. The lowest BCUT2D eigenvalue weighted by atomic mass is 10.1. The molecule has 0 bridgehead atoms. The molecule has 0 aliphatic carbocycles. The summed E-state index contributed by atoms with van der Waals surface area (Å²) in [5, 5.41) is 6.99. The number of rotatable bonds is 4. The number of ether oxygens (including phenoxy) is 1. The van der Waals surface area contributed by atoms with Crippen LogP contribution in [-0.4, -0.2) is 64.3 Å². The Bertz CT molecular complexity index is 1110. The van der Waals surface area contributed by atoms with Gasteiger partial charge in [0, 0.05) is 37.8 Å². The minimum Gasteiger partial charge on any atom is -0.497 e. The van der Waals surface area contributed by atoms with Crippen molar-refractivity contribution in [3.63, 3.8) is 0 Å². The molecule has 1 N–H and O–H groups in total. The van der Waals surface area contributed by atoms with Crippen LogP contribution in [0.25, 0.3) is 11.3 Å². The number of H-pyrrole nitrogens is 1. The number of hydrogen-bond donors (Lipinski definition) is 1. The Kier molecular flexibility index (Phi) is 5.72. The minimum atomic E-state index is -4.54. The molecule has 0 saturated carbocycles. The van der Waals surface area contributed by atoms with Gasteiger partial charge in [-0.1, -0.05) is 0 Å². The zero-order valence-electron chi connectivity index (χ0n) is 17.5. The van der Waals surface area contributed by atoms with E-state index in [0.29, 0.717) is 37.6 Å². The number of alkyl halides is 3. The second kappa shape index (κ2) is 8.48. The van der Waals surface area contributed by atoms with Crippen molar-refractivity contribution in [2.75, 3.05) is 38.2 Å². The third-order valence-corrected chi connectivity index (χ3v) is 5.20. The fraction of sp³-hybridized carbons (Fsp3) is 0.333. The average molecular weight is 446 g/mol. The Morgan fingerprint density at radius 2 is 1.75 bits per heavy atom. The van der Waals surface area contributed by atoms with E-state index < -0.39 is 11.9 Å². The quantitative estimate of drug-likeness (QED) is 0.663. The van der Waals surface area contributed by atoms with Crippen LogP contribution in [-0.2, 0) is 6.18 Å². The summed E-state index contributed by atoms with van der Waals surface area (Å²) < 4.78 is 44.3. The summed E-state index contributed by atoms with van der Waals surface area (Å²) in [4.78, 5) is 23.8. The van der Waals surface area contributed by atoms with Gasteiger partial charge in [0.05, 0.1) is 12.8 Å². The molecule has 32 heavy (non-hydrogen) atoms. The van der Waals surface area contributed by atoms with Crippen molar-refractivity contribution in [3.05, 3.63) is 53.6 Å². The number of carbonyl (C=O) groups is 1. The molecule has 1 aliphatic heterocycles. The molecule has 168 valence electrons. The molecular formula is C21H21F3N6O2. The highest BCUT2D eigenvalue weighted by molar-refractivity contribution is 5.93. The van der Waals surface area contributed by atoms with Crippen LogP contribution in [0, 0.1) is 6.92 Å². The van der Waals surface area contributed by atoms with Gasteiger partial charge in [0.15, 0.2) is 0 Å². The van der Waals surface area contributed by atoms with Crippen LogP contribution in [0.4, 0.5) is 19.0 Å². The number of anilines is 1. The molecule has 11 heteroatoms. The monoisotopic (exact) mass is 446 g/mol. The van der Waals surface area contributed by atoms with Crippen LogP contribution in [0.3, 0.4) is 0 Å². The average Bonchev–Trinajstić information content (AvgIpc) is 3.28. The Hall–Kier alpha value is -3.63. The molecule has 8 nitrogen and oxygen atoms in total. The van der Waals surface area contributed by atoms with Crippen molar-refractivity contribution in [2.24, 2.45) is 0 Å². The van der Waals surface area contributed by atoms with Crippen LogP contribution >= 0.6 is 0 Å². The van der Waals surface area contributed by atoms with Crippen molar-refractivity contribution >= 4 is 11.7 Å². The fourth-order valence-corrected chi connectivity index (χ4v) is 3.51. The molecule has 0 atom stereocenters. The maximum Gasteiger partial charge on any atom is 0.433 e. The van der Waals surface area contributed by atoms with Gasteiger partial charge in [0.25, 0.3) is 5.91 Å². The van der Waals surface area contributed by atoms with Gasteiger partial charge in [0.2, 0.25) is 0 Å². The van der Waals surface area contributed by atoms with Crippen LogP contribution in [0.5, 0.6) is 5.75 Å². The van der Waals surface area contributed by atoms with E-state index in [0.717, 1.165) is 17.4 Å². The molecule has 0 spiro atoms. The Morgan fingerprint density at radius 1 is 1.06 bits per heavy atom. The number of nitrogens with one attached hydrogen (secondary N) is 1. The van der Waals surface area contributed by atoms with Gasteiger partial charge in [0.1, 0.15) is 28.8 Å². The lowest BCUT2D eigenvalue weighted by Gasteiger charge is -2.35. The van der Waals surface area contributed by atoms with E-state index in [4.69, 9.17) is 4.74 Å². The van der Waals surface area contributed by atoms with Crippen molar-refractivity contribution in [3.8, 4) is 17.0 Å². The molecule has 3 aromatic rings. The second-order valence-electron chi connectivity index (χ2n) is 7.33. The molecule has 3 heterocycles. The number of aryl methyl sites for hydroxylation is 1. The summed E-state index contributed by atoms with van der Waals surface area (Å²) in [5.41, 5.74) is 0.847. The van der Waals surface area contributed by atoms with Gasteiger partial charge in [-0.3, -0.25) is 9.89 Å². The van der Waals surface area contributed by atoms with E-state index in [1.807, 2.05) is 24.3 Å². The van der Waals surface area contributed by atoms with Gasteiger partial charge in [-0.15, -0.1) is 0 Å². The lowest BCUT2D eigenvalue weighted by molar-refractivity contribution is -0.141. The maximum atomic E-state index is 13.1. The highest BCUT2D eigenvalue weighted by Crippen LogP contribution is 2.30. The Balaban J connectivity index is 1.42. The molecule has 1 amide bonds. The number of halogens is 3. The fourth-order valence-electron chi connectivity index (χ4n) is 3.51. The topological polar surface area (TPSA) is 87.2 Å². The van der Waals surface area contributed by atoms with Gasteiger partial charge in [-0.25, -0.2) is 9.97 Å². The molecule has 0 radical (unpaired) electrons. The lowest BCUT2D eigenvalue weighted by Crippen LogP contribution is -2.49. The number of aromatic nitrogens is 4. The second-order valence-corrected chi connectivity index (χ2v) is 7.33. The van der Waals surface area contributed by atoms with Gasteiger partial charge in [-0.2, -0.15) is 18.3 Å². The molecular weight excluding hydrogens is 425 g/mol. The summed E-state index contributed by atoms with van der Waals surface area (Å²) in [6.45, 7) is 2.84. The normalized spacial score (nSPS) is 14.5. The number of aromatic amines is 1. The van der Waals surface area contributed by atoms with E-state index >= 15 is 0 Å². The third kappa shape index (κ3) is 4.51. The molecule has 1 fully saturated rings. The van der Waals surface area contributed by atoms with Crippen LogP contribution in [0.15, 0.2) is 36.4 Å². The van der Waals surface area contributed by atoms with Crippen molar-refractivity contribution in [1.82, 2.24) is 25.1 Å². The van der Waals surface area contributed by atoms with E-state index in [1.165, 1.54) is 6.92 Å². The molecule has 1 aromatic carbocycles. The first-order valence-electron chi connectivity index (χ1n) is 9.91. The standard InChI is InChI=1S/C21H21F3N6O2/c1-13-25-18(21(22,23)24)12-19(26-13)29-7-9-30(10-8-29)20(31)17-11-16(27-28-17)14-3-5-15(32-2)6-4-14/h3-6,11-12H,7-10H2,1-2H3,(H,27,28). The number of piperazine rings is 1. The number of carbonyl (C=O) groups excluding carboxylic acids is 1.